The second kappa shape index (κ2) is 6.74. The average molecular weight is 332 g/mol. The Morgan fingerprint density at radius 2 is 1.54 bits per heavy atom. The highest BCUT2D eigenvalue weighted by Crippen LogP contribution is 2.36. The van der Waals surface area contributed by atoms with E-state index in [0.717, 1.165) is 0 Å². The van der Waals surface area contributed by atoms with Gasteiger partial charge in [0.2, 0.25) is 0 Å². The zero-order chi connectivity index (χ0) is 18.0. The molecule has 0 spiro atoms. The Bertz CT molecular complexity index is 708. The maximum Gasteiger partial charge on any atom is 0.337 e. The molecule has 0 unspecified atom stereocenters. The normalized spacial score (nSPS) is 17.9. The number of hydrogen-bond donors (Lipinski definition) is 0. The van der Waals surface area contributed by atoms with Crippen molar-refractivity contribution in [2.75, 3.05) is 28.3 Å². The van der Waals surface area contributed by atoms with Crippen LogP contribution in [0.25, 0.3) is 0 Å². The van der Waals surface area contributed by atoms with E-state index in [2.05, 4.69) is 4.74 Å². The number of carbonyl (C=O) groups is 3. The largest absolute Gasteiger partial charge is 0.466 e. The summed E-state index contributed by atoms with van der Waals surface area (Å²) in [6.07, 6.45) is 0. The Kier molecular flexibility index (Phi) is 4.92. The van der Waals surface area contributed by atoms with Crippen LogP contribution in [0.4, 0.5) is 4.79 Å². The Labute approximate surface area is 140 Å². The summed E-state index contributed by atoms with van der Waals surface area (Å²) in [5.74, 6) is -0.949. The third-order valence-electron chi connectivity index (χ3n) is 4.20. The van der Waals surface area contributed by atoms with E-state index in [1.54, 1.807) is 45.3 Å². The van der Waals surface area contributed by atoms with Crippen LogP contribution in [0.5, 0.6) is 0 Å². The van der Waals surface area contributed by atoms with Gasteiger partial charge >= 0.3 is 18.0 Å². The summed E-state index contributed by atoms with van der Waals surface area (Å²) >= 11 is 0. The molecule has 1 aromatic rings. The van der Waals surface area contributed by atoms with Crippen LogP contribution < -0.4 is 0 Å². The zero-order valence-corrected chi connectivity index (χ0v) is 14.3. The van der Waals surface area contributed by atoms with Crippen molar-refractivity contribution >= 4 is 18.0 Å². The smallest absolute Gasteiger partial charge is 0.337 e. The number of likely N-dealkylation sites (N-methyl/N-ethyl adjacent to an activating group) is 1. The van der Waals surface area contributed by atoms with Gasteiger partial charge in [-0.3, -0.25) is 0 Å². The molecule has 0 saturated carbocycles. The molecule has 2 amide bonds. The SMILES string of the molecule is COC(=O)C1=C(C)N(C)C(=O)N(C)[C@@H]1c1ccc(C(=O)OC)cc1. The van der Waals surface area contributed by atoms with Crippen molar-refractivity contribution in [2.24, 2.45) is 0 Å². The molecule has 24 heavy (non-hydrogen) atoms. The molecule has 1 atom stereocenters. The van der Waals surface area contributed by atoms with Gasteiger partial charge in [-0.1, -0.05) is 12.1 Å². The first kappa shape index (κ1) is 17.5. The number of rotatable bonds is 3. The lowest BCUT2D eigenvalue weighted by Crippen LogP contribution is -2.47. The Morgan fingerprint density at radius 3 is 2.04 bits per heavy atom. The second-order valence-corrected chi connectivity index (χ2v) is 5.46. The molecule has 2 rings (SSSR count). The highest BCUT2D eigenvalue weighted by Gasteiger charge is 2.38. The monoisotopic (exact) mass is 332 g/mol. The van der Waals surface area contributed by atoms with E-state index in [-0.39, 0.29) is 6.03 Å². The Hall–Kier alpha value is -2.83. The van der Waals surface area contributed by atoms with Crippen molar-refractivity contribution in [1.29, 1.82) is 0 Å². The van der Waals surface area contributed by atoms with Crippen molar-refractivity contribution in [2.45, 2.75) is 13.0 Å². The predicted octanol–water partition coefficient (Wildman–Crippen LogP) is 1.96. The maximum absolute atomic E-state index is 12.4. The molecule has 0 aliphatic carbocycles. The quantitative estimate of drug-likeness (QED) is 0.791. The number of urea groups is 1. The third kappa shape index (κ3) is 2.84. The van der Waals surface area contributed by atoms with Crippen molar-refractivity contribution in [3.05, 3.63) is 46.7 Å². The molecular weight excluding hydrogens is 312 g/mol. The first-order chi connectivity index (χ1) is 11.3. The highest BCUT2D eigenvalue weighted by atomic mass is 16.5. The number of amides is 2. The van der Waals surface area contributed by atoms with E-state index in [9.17, 15) is 14.4 Å². The van der Waals surface area contributed by atoms with Gasteiger partial charge in [0.1, 0.15) is 0 Å². The van der Waals surface area contributed by atoms with Crippen LogP contribution in [-0.2, 0) is 14.3 Å². The maximum atomic E-state index is 12.4. The Balaban J connectivity index is 2.53. The molecule has 128 valence electrons. The lowest BCUT2D eigenvalue weighted by atomic mass is 9.93. The van der Waals surface area contributed by atoms with Crippen LogP contribution in [0.2, 0.25) is 0 Å². The fourth-order valence-electron chi connectivity index (χ4n) is 2.74. The van der Waals surface area contributed by atoms with Crippen LogP contribution in [0, 0.1) is 0 Å². The molecule has 0 saturated heterocycles. The highest BCUT2D eigenvalue weighted by molar-refractivity contribution is 5.95. The summed E-state index contributed by atoms with van der Waals surface area (Å²) in [4.78, 5) is 39.1. The molecular formula is C17H20N2O5. The number of methoxy groups -OCH3 is 2. The molecule has 1 aliphatic rings. The molecule has 0 bridgehead atoms. The fourth-order valence-corrected chi connectivity index (χ4v) is 2.74. The van der Waals surface area contributed by atoms with E-state index in [4.69, 9.17) is 4.74 Å². The lowest BCUT2D eigenvalue weighted by Gasteiger charge is -2.39. The van der Waals surface area contributed by atoms with Gasteiger partial charge in [0, 0.05) is 19.8 Å². The molecule has 7 nitrogen and oxygen atoms in total. The second-order valence-electron chi connectivity index (χ2n) is 5.46. The van der Waals surface area contributed by atoms with E-state index >= 15 is 0 Å². The van der Waals surface area contributed by atoms with Gasteiger partial charge in [0.25, 0.3) is 0 Å². The van der Waals surface area contributed by atoms with Crippen molar-refractivity contribution in [3.8, 4) is 0 Å². The molecule has 0 radical (unpaired) electrons. The van der Waals surface area contributed by atoms with Crippen LogP contribution in [0.1, 0.15) is 28.9 Å². The number of benzene rings is 1. The number of carbonyl (C=O) groups excluding carboxylic acids is 3. The number of esters is 2. The molecule has 1 aliphatic heterocycles. The standard InChI is InChI=1S/C17H20N2O5/c1-10-13(16(21)24-5)14(19(3)17(22)18(10)2)11-6-8-12(9-7-11)15(20)23-4/h6-9,14H,1-5H3/t14-/m1/s1. The minimum Gasteiger partial charge on any atom is -0.466 e. The summed E-state index contributed by atoms with van der Waals surface area (Å²) < 4.78 is 9.56. The van der Waals surface area contributed by atoms with E-state index < -0.39 is 18.0 Å². The van der Waals surface area contributed by atoms with Gasteiger partial charge in [0.15, 0.2) is 0 Å². The minimum absolute atomic E-state index is 0.234. The lowest BCUT2D eigenvalue weighted by molar-refractivity contribution is -0.137. The molecule has 0 aromatic heterocycles. The first-order valence-corrected chi connectivity index (χ1v) is 7.31. The Morgan fingerprint density at radius 1 is 1.00 bits per heavy atom. The molecule has 1 aromatic carbocycles. The molecule has 1 heterocycles. The summed E-state index contributed by atoms with van der Waals surface area (Å²) in [5.41, 5.74) is 2.01. The number of allylic oxidation sites excluding steroid dienone is 1. The van der Waals surface area contributed by atoms with Crippen molar-refractivity contribution in [3.63, 3.8) is 0 Å². The van der Waals surface area contributed by atoms with Crippen LogP contribution in [0.3, 0.4) is 0 Å². The predicted molar refractivity (Wildman–Crippen MR) is 86.2 cm³/mol. The summed E-state index contributed by atoms with van der Waals surface area (Å²) in [6, 6.07) is 5.77. The van der Waals surface area contributed by atoms with Gasteiger partial charge in [-0.15, -0.1) is 0 Å². The number of ether oxygens (including phenoxy) is 2. The first-order valence-electron chi connectivity index (χ1n) is 7.31. The van der Waals surface area contributed by atoms with Gasteiger partial charge in [-0.2, -0.15) is 0 Å². The molecule has 7 heteroatoms. The summed E-state index contributed by atoms with van der Waals surface area (Å²) in [5, 5.41) is 0. The van der Waals surface area contributed by atoms with Gasteiger partial charge in [0.05, 0.1) is 31.4 Å². The van der Waals surface area contributed by atoms with Crippen molar-refractivity contribution in [1.82, 2.24) is 9.80 Å². The zero-order valence-electron chi connectivity index (χ0n) is 14.3. The van der Waals surface area contributed by atoms with E-state index in [0.29, 0.717) is 22.4 Å². The molecule has 0 fully saturated rings. The summed E-state index contributed by atoms with van der Waals surface area (Å²) in [6.45, 7) is 1.70. The minimum atomic E-state index is -0.590. The molecule has 0 N–H and O–H groups in total. The topological polar surface area (TPSA) is 76.2 Å². The summed E-state index contributed by atoms with van der Waals surface area (Å²) in [7, 11) is 5.83. The van der Waals surface area contributed by atoms with E-state index in [1.807, 2.05) is 0 Å². The fraction of sp³-hybridized carbons (Fsp3) is 0.353. The van der Waals surface area contributed by atoms with Gasteiger partial charge < -0.3 is 19.3 Å². The third-order valence-corrected chi connectivity index (χ3v) is 4.20. The van der Waals surface area contributed by atoms with E-state index in [1.165, 1.54) is 24.0 Å². The average Bonchev–Trinajstić information content (AvgIpc) is 2.61. The van der Waals surface area contributed by atoms with Gasteiger partial charge in [-0.05, 0) is 24.6 Å². The van der Waals surface area contributed by atoms with Crippen molar-refractivity contribution < 1.29 is 23.9 Å². The number of nitrogens with zero attached hydrogens (tertiary/aromatic N) is 2. The van der Waals surface area contributed by atoms with Gasteiger partial charge in [-0.25, -0.2) is 14.4 Å². The van der Waals surface area contributed by atoms with Crippen LogP contribution in [0.15, 0.2) is 35.5 Å². The van der Waals surface area contributed by atoms with Crippen LogP contribution >= 0.6 is 0 Å². The number of hydrogen-bond acceptors (Lipinski definition) is 5. The van der Waals surface area contributed by atoms with Crippen LogP contribution in [-0.4, -0.2) is 56.1 Å².